The van der Waals surface area contributed by atoms with Gasteiger partial charge in [0.2, 0.25) is 0 Å². The Balaban J connectivity index is 1.55. The molecule has 8 nitrogen and oxygen atoms in total. The highest BCUT2D eigenvalue weighted by atomic mass is 19.1. The summed E-state index contributed by atoms with van der Waals surface area (Å²) in [6.45, 7) is 3.69. The van der Waals surface area contributed by atoms with Crippen molar-refractivity contribution < 1.29 is 13.9 Å². The van der Waals surface area contributed by atoms with Gasteiger partial charge in [-0.05, 0) is 31.0 Å². The van der Waals surface area contributed by atoms with Crippen LogP contribution < -0.4 is 10.1 Å². The summed E-state index contributed by atoms with van der Waals surface area (Å²) in [5.74, 6) is 0.305. The summed E-state index contributed by atoms with van der Waals surface area (Å²) in [6, 6.07) is 8.12. The summed E-state index contributed by atoms with van der Waals surface area (Å²) in [4.78, 5) is 22.3. The lowest BCUT2D eigenvalue weighted by atomic mass is 10.0. The third kappa shape index (κ3) is 4.84. The lowest BCUT2D eigenvalue weighted by Crippen LogP contribution is -2.15. The standard InChI is InChI=1S/C26H25FN6O2/c1-2-10-33-17-18(16-29-33)19-14-20-23(15-21(19)27)35-13-5-3-4-11-32-12-9-28-25(32)22-7-6-8-24(30-22)31-26(20)34/h3,5-9,12,14-17H,2,4,10-11,13H2,1H3,(H,30,31,34)/b5-3-. The van der Waals surface area contributed by atoms with Crippen molar-refractivity contribution in [2.24, 2.45) is 0 Å². The van der Waals surface area contributed by atoms with Crippen molar-refractivity contribution in [1.29, 1.82) is 0 Å². The maximum absolute atomic E-state index is 15.1. The van der Waals surface area contributed by atoms with Gasteiger partial charge in [0.05, 0.1) is 11.8 Å². The Morgan fingerprint density at radius 2 is 2.11 bits per heavy atom. The molecule has 0 saturated heterocycles. The van der Waals surface area contributed by atoms with Crippen LogP contribution in [0.1, 0.15) is 30.1 Å². The van der Waals surface area contributed by atoms with Crippen LogP contribution in [0.15, 0.2) is 67.3 Å². The number of allylic oxidation sites excluding steroid dienone is 1. The average molecular weight is 473 g/mol. The summed E-state index contributed by atoms with van der Waals surface area (Å²) >= 11 is 0. The predicted octanol–water partition coefficient (Wildman–Crippen LogP) is 4.95. The molecule has 2 bridgehead atoms. The number of halogens is 1. The minimum absolute atomic E-state index is 0.160. The molecule has 4 heterocycles. The second kappa shape index (κ2) is 9.92. The predicted molar refractivity (Wildman–Crippen MR) is 131 cm³/mol. The van der Waals surface area contributed by atoms with E-state index in [0.29, 0.717) is 23.6 Å². The molecule has 4 aromatic rings. The van der Waals surface area contributed by atoms with Gasteiger partial charge in [-0.2, -0.15) is 5.10 Å². The Labute approximate surface area is 202 Å². The van der Waals surface area contributed by atoms with E-state index in [-0.39, 0.29) is 23.5 Å². The molecule has 178 valence electrons. The highest BCUT2D eigenvalue weighted by Crippen LogP contribution is 2.31. The van der Waals surface area contributed by atoms with E-state index >= 15 is 4.39 Å². The lowest BCUT2D eigenvalue weighted by molar-refractivity contribution is 0.102. The highest BCUT2D eigenvalue weighted by molar-refractivity contribution is 6.06. The minimum Gasteiger partial charge on any atom is -0.489 e. The molecule has 0 atom stereocenters. The second-order valence-corrected chi connectivity index (χ2v) is 8.20. The topological polar surface area (TPSA) is 86.9 Å². The number of hydrogen-bond donors (Lipinski definition) is 1. The molecule has 1 amide bonds. The van der Waals surface area contributed by atoms with Crippen molar-refractivity contribution in [3.05, 3.63) is 78.7 Å². The van der Waals surface area contributed by atoms with Gasteiger partial charge in [0.25, 0.3) is 5.91 Å². The van der Waals surface area contributed by atoms with Crippen LogP contribution in [0.2, 0.25) is 0 Å². The molecule has 5 rings (SSSR count). The molecule has 1 N–H and O–H groups in total. The van der Waals surface area contributed by atoms with E-state index in [1.807, 2.05) is 42.0 Å². The summed E-state index contributed by atoms with van der Waals surface area (Å²) in [6.07, 6.45) is 12.5. The summed E-state index contributed by atoms with van der Waals surface area (Å²) in [5, 5.41) is 7.11. The first kappa shape index (κ1) is 22.5. The fourth-order valence-electron chi connectivity index (χ4n) is 4.00. The van der Waals surface area contributed by atoms with E-state index in [0.717, 1.165) is 25.2 Å². The molecule has 1 aliphatic heterocycles. The number of fused-ring (bicyclic) bond motifs is 5. The molecule has 3 aromatic heterocycles. The number of hydrogen-bond acceptors (Lipinski definition) is 5. The molecule has 35 heavy (non-hydrogen) atoms. The number of carbonyl (C=O) groups excluding carboxylic acids is 1. The van der Waals surface area contributed by atoms with E-state index in [1.165, 1.54) is 12.1 Å². The number of aromatic nitrogens is 5. The highest BCUT2D eigenvalue weighted by Gasteiger charge is 2.20. The van der Waals surface area contributed by atoms with Crippen molar-refractivity contribution in [3.63, 3.8) is 0 Å². The molecule has 0 radical (unpaired) electrons. The first-order valence-electron chi connectivity index (χ1n) is 11.6. The molecule has 0 spiro atoms. The van der Waals surface area contributed by atoms with Crippen molar-refractivity contribution in [2.75, 3.05) is 11.9 Å². The van der Waals surface area contributed by atoms with Crippen molar-refractivity contribution in [1.82, 2.24) is 24.3 Å². The number of ether oxygens (including phenoxy) is 1. The van der Waals surface area contributed by atoms with Gasteiger partial charge in [-0.3, -0.25) is 9.48 Å². The number of benzene rings is 1. The molecular formula is C26H25FN6O2. The molecule has 0 saturated carbocycles. The quantitative estimate of drug-likeness (QED) is 0.427. The average Bonchev–Trinajstić information content (AvgIpc) is 3.51. The number of amides is 1. The largest absolute Gasteiger partial charge is 0.489 e. The van der Waals surface area contributed by atoms with Crippen molar-refractivity contribution in [2.45, 2.75) is 32.9 Å². The van der Waals surface area contributed by atoms with Crippen LogP contribution in [0.5, 0.6) is 5.75 Å². The third-order valence-corrected chi connectivity index (χ3v) is 5.68. The normalized spacial score (nSPS) is 14.6. The maximum atomic E-state index is 15.1. The van der Waals surface area contributed by atoms with Gasteiger partial charge in [0.15, 0.2) is 5.82 Å². The number of nitrogens with zero attached hydrogens (tertiary/aromatic N) is 5. The third-order valence-electron chi connectivity index (χ3n) is 5.68. The van der Waals surface area contributed by atoms with Gasteiger partial charge >= 0.3 is 0 Å². The van der Waals surface area contributed by atoms with Crippen LogP contribution >= 0.6 is 0 Å². The Bertz CT molecular complexity index is 1390. The molecule has 1 aliphatic rings. The Morgan fingerprint density at radius 3 is 3.00 bits per heavy atom. The molecule has 0 fully saturated rings. The zero-order valence-electron chi connectivity index (χ0n) is 19.3. The monoisotopic (exact) mass is 472 g/mol. The van der Waals surface area contributed by atoms with E-state index < -0.39 is 11.7 Å². The number of anilines is 1. The van der Waals surface area contributed by atoms with Crippen LogP contribution in [0.4, 0.5) is 10.2 Å². The zero-order chi connectivity index (χ0) is 24.2. The molecular weight excluding hydrogens is 447 g/mol. The van der Waals surface area contributed by atoms with Gasteiger partial charge in [0, 0.05) is 48.9 Å². The van der Waals surface area contributed by atoms with Crippen LogP contribution in [0.25, 0.3) is 22.6 Å². The van der Waals surface area contributed by atoms with Crippen molar-refractivity contribution >= 4 is 11.7 Å². The van der Waals surface area contributed by atoms with E-state index in [9.17, 15) is 4.79 Å². The van der Waals surface area contributed by atoms with E-state index in [2.05, 4.69) is 20.4 Å². The van der Waals surface area contributed by atoms with Gasteiger partial charge in [-0.15, -0.1) is 0 Å². The number of pyridine rings is 1. The number of aryl methyl sites for hydroxylation is 2. The Kier molecular flexibility index (Phi) is 6.38. The lowest BCUT2D eigenvalue weighted by Gasteiger charge is -2.13. The van der Waals surface area contributed by atoms with Gasteiger partial charge in [-0.1, -0.05) is 25.1 Å². The smallest absolute Gasteiger partial charge is 0.260 e. The Morgan fingerprint density at radius 1 is 1.20 bits per heavy atom. The first-order chi connectivity index (χ1) is 17.1. The van der Waals surface area contributed by atoms with Crippen molar-refractivity contribution in [3.8, 4) is 28.4 Å². The van der Waals surface area contributed by atoms with Crippen LogP contribution in [-0.4, -0.2) is 36.8 Å². The molecule has 0 aliphatic carbocycles. The fraction of sp³-hybridized carbons (Fsp3) is 0.231. The maximum Gasteiger partial charge on any atom is 0.260 e. The summed E-state index contributed by atoms with van der Waals surface area (Å²) in [5.41, 5.74) is 1.73. The summed E-state index contributed by atoms with van der Waals surface area (Å²) in [7, 11) is 0. The molecule has 9 heteroatoms. The fourth-order valence-corrected chi connectivity index (χ4v) is 4.00. The SMILES string of the molecule is CCCn1cc(-c2cc3c(cc2F)OC/C=C\CCn2ccnc2-c2cccc(n2)NC3=O)cn1. The number of carbonyl (C=O) groups is 1. The minimum atomic E-state index is -0.486. The van der Waals surface area contributed by atoms with Gasteiger partial charge < -0.3 is 14.6 Å². The Hall–Kier alpha value is -4.27. The van der Waals surface area contributed by atoms with Gasteiger partial charge in [-0.25, -0.2) is 14.4 Å². The number of rotatable bonds is 3. The number of imidazole rings is 1. The van der Waals surface area contributed by atoms with Crippen LogP contribution in [-0.2, 0) is 13.1 Å². The van der Waals surface area contributed by atoms with E-state index in [4.69, 9.17) is 4.74 Å². The van der Waals surface area contributed by atoms with Crippen LogP contribution in [0, 0.1) is 5.82 Å². The first-order valence-corrected chi connectivity index (χ1v) is 11.6. The zero-order valence-corrected chi connectivity index (χ0v) is 19.3. The van der Waals surface area contributed by atoms with Crippen LogP contribution in [0.3, 0.4) is 0 Å². The number of nitrogens with one attached hydrogen (secondary N) is 1. The van der Waals surface area contributed by atoms with E-state index in [1.54, 1.807) is 29.3 Å². The molecule has 0 unspecified atom stereocenters. The summed E-state index contributed by atoms with van der Waals surface area (Å²) < 4.78 is 24.7. The second-order valence-electron chi connectivity index (χ2n) is 8.20. The molecule has 1 aromatic carbocycles. The van der Waals surface area contributed by atoms with Gasteiger partial charge in [0.1, 0.15) is 29.7 Å².